The van der Waals surface area contributed by atoms with E-state index in [0.717, 1.165) is 4.68 Å². The Labute approximate surface area is 169 Å². The molecule has 11 heteroatoms. The summed E-state index contributed by atoms with van der Waals surface area (Å²) < 4.78 is 34.3. The first-order chi connectivity index (χ1) is 14.2. The van der Waals surface area contributed by atoms with Crippen LogP contribution in [-0.4, -0.2) is 42.8 Å². The van der Waals surface area contributed by atoms with Crippen molar-refractivity contribution in [2.24, 2.45) is 5.92 Å². The second-order valence-electron chi connectivity index (χ2n) is 7.58. The lowest BCUT2D eigenvalue weighted by molar-refractivity contribution is -0.117. The smallest absolute Gasteiger partial charge is 0.270 e. The number of pyridine rings is 1. The highest BCUT2D eigenvalue weighted by atomic mass is 19.3. The predicted octanol–water partition coefficient (Wildman–Crippen LogP) is 2.08. The quantitative estimate of drug-likeness (QED) is 0.630. The maximum absolute atomic E-state index is 13.1. The Morgan fingerprint density at radius 1 is 1.40 bits per heavy atom. The van der Waals surface area contributed by atoms with Crippen LogP contribution >= 0.6 is 0 Å². The zero-order valence-electron chi connectivity index (χ0n) is 16.4. The molecule has 3 heterocycles. The van der Waals surface area contributed by atoms with Crippen LogP contribution in [0.3, 0.4) is 0 Å². The molecule has 1 aliphatic carbocycles. The largest absolute Gasteiger partial charge is 0.491 e. The van der Waals surface area contributed by atoms with E-state index in [0.29, 0.717) is 17.0 Å². The molecule has 4 rings (SSSR count). The van der Waals surface area contributed by atoms with Gasteiger partial charge in [-0.2, -0.15) is 5.10 Å². The summed E-state index contributed by atoms with van der Waals surface area (Å²) in [6.45, 7) is 3.19. The SMILES string of the molecule is CC(C)c1nn(CC(=O)Nc2ccc3nncn3c2)c(=O)cc1OCC1CC1(F)F. The van der Waals surface area contributed by atoms with Gasteiger partial charge in [0, 0.05) is 24.6 Å². The van der Waals surface area contributed by atoms with E-state index in [4.69, 9.17) is 4.74 Å². The third-order valence-electron chi connectivity index (χ3n) is 4.80. The lowest BCUT2D eigenvalue weighted by Gasteiger charge is -2.15. The molecule has 0 spiro atoms. The van der Waals surface area contributed by atoms with Gasteiger partial charge in [0.25, 0.3) is 11.5 Å². The fraction of sp³-hybridized carbons (Fsp3) is 0.421. The first-order valence-corrected chi connectivity index (χ1v) is 9.45. The lowest BCUT2D eigenvalue weighted by Crippen LogP contribution is -2.30. The molecular formula is C19H20F2N6O3. The van der Waals surface area contributed by atoms with Crippen LogP contribution in [0.5, 0.6) is 5.75 Å². The van der Waals surface area contributed by atoms with Crippen LogP contribution in [0.25, 0.3) is 5.65 Å². The summed E-state index contributed by atoms with van der Waals surface area (Å²) in [6.07, 6.45) is 2.94. The van der Waals surface area contributed by atoms with Crippen molar-refractivity contribution in [2.45, 2.75) is 38.7 Å². The third-order valence-corrected chi connectivity index (χ3v) is 4.80. The number of rotatable bonds is 7. The van der Waals surface area contributed by atoms with Gasteiger partial charge < -0.3 is 10.1 Å². The molecule has 3 aromatic heterocycles. The number of alkyl halides is 2. The van der Waals surface area contributed by atoms with Crippen LogP contribution in [0.1, 0.15) is 31.9 Å². The normalized spacial score (nSPS) is 17.3. The number of fused-ring (bicyclic) bond motifs is 1. The number of carbonyl (C=O) groups is 1. The van der Waals surface area contributed by atoms with Crippen molar-refractivity contribution in [1.29, 1.82) is 0 Å². The van der Waals surface area contributed by atoms with Crippen LogP contribution in [0.15, 0.2) is 35.5 Å². The van der Waals surface area contributed by atoms with Gasteiger partial charge in [-0.25, -0.2) is 13.5 Å². The number of nitrogens with one attached hydrogen (secondary N) is 1. The molecule has 1 saturated carbocycles. The Balaban J connectivity index is 1.48. The Morgan fingerprint density at radius 2 is 2.17 bits per heavy atom. The lowest BCUT2D eigenvalue weighted by atomic mass is 10.1. The number of anilines is 1. The number of halogens is 2. The predicted molar refractivity (Wildman–Crippen MR) is 103 cm³/mol. The number of ether oxygens (including phenoxy) is 1. The van der Waals surface area contributed by atoms with Gasteiger partial charge >= 0.3 is 0 Å². The Hall–Kier alpha value is -3.37. The molecule has 3 aromatic rings. The maximum Gasteiger partial charge on any atom is 0.270 e. The number of nitrogens with zero attached hydrogens (tertiary/aromatic N) is 5. The summed E-state index contributed by atoms with van der Waals surface area (Å²) in [5.74, 6) is -3.95. The first kappa shape index (κ1) is 19.9. The summed E-state index contributed by atoms with van der Waals surface area (Å²) in [6, 6.07) is 4.56. The minimum Gasteiger partial charge on any atom is -0.491 e. The Kier molecular flexibility index (Phi) is 4.96. The van der Waals surface area contributed by atoms with Crippen LogP contribution in [0, 0.1) is 5.92 Å². The molecule has 0 aliphatic heterocycles. The Bertz CT molecular complexity index is 1160. The summed E-state index contributed by atoms with van der Waals surface area (Å²) in [5, 5.41) is 14.6. The molecule has 0 radical (unpaired) electrons. The topological polar surface area (TPSA) is 103 Å². The van der Waals surface area contributed by atoms with Crippen molar-refractivity contribution in [3.63, 3.8) is 0 Å². The number of aromatic nitrogens is 5. The number of hydrogen-bond acceptors (Lipinski definition) is 6. The minimum absolute atomic E-state index is 0.134. The highest BCUT2D eigenvalue weighted by Gasteiger charge is 2.57. The molecule has 1 amide bonds. The average molecular weight is 418 g/mol. The summed E-state index contributed by atoms with van der Waals surface area (Å²) in [5.41, 5.74) is 1.01. The van der Waals surface area contributed by atoms with Gasteiger partial charge in [0.2, 0.25) is 5.91 Å². The monoisotopic (exact) mass is 418 g/mol. The van der Waals surface area contributed by atoms with E-state index in [2.05, 4.69) is 20.6 Å². The molecule has 0 bridgehead atoms. The zero-order chi connectivity index (χ0) is 21.5. The molecule has 158 valence electrons. The molecular weight excluding hydrogens is 398 g/mol. The maximum atomic E-state index is 13.1. The number of carbonyl (C=O) groups excluding carboxylic acids is 1. The molecule has 0 saturated heterocycles. The molecule has 1 aliphatic rings. The van der Waals surface area contributed by atoms with E-state index in [1.165, 1.54) is 12.4 Å². The third kappa shape index (κ3) is 4.14. The van der Waals surface area contributed by atoms with Gasteiger partial charge in [0.15, 0.2) is 5.65 Å². The molecule has 0 aromatic carbocycles. The van der Waals surface area contributed by atoms with Crippen LogP contribution in [0.4, 0.5) is 14.5 Å². The van der Waals surface area contributed by atoms with Crippen LogP contribution in [0.2, 0.25) is 0 Å². The second kappa shape index (κ2) is 7.47. The van der Waals surface area contributed by atoms with Gasteiger partial charge in [-0.15, -0.1) is 10.2 Å². The summed E-state index contributed by atoms with van der Waals surface area (Å²) in [7, 11) is 0. The van der Waals surface area contributed by atoms with E-state index in [1.54, 1.807) is 22.7 Å². The zero-order valence-corrected chi connectivity index (χ0v) is 16.4. The van der Waals surface area contributed by atoms with Gasteiger partial charge in [0.1, 0.15) is 24.3 Å². The Morgan fingerprint density at radius 3 is 2.87 bits per heavy atom. The molecule has 30 heavy (non-hydrogen) atoms. The standard InChI is InChI=1S/C19H20F2N6O3/c1-11(2)18-14(30-9-12-6-19(12,20)21)5-17(29)27(25-18)8-16(28)23-13-3-4-15-24-22-10-26(15)7-13/h3-5,7,10-12H,6,8-9H2,1-2H3,(H,23,28). The van der Waals surface area contributed by atoms with Crippen molar-refractivity contribution in [3.05, 3.63) is 46.8 Å². The van der Waals surface area contributed by atoms with E-state index < -0.39 is 23.3 Å². The van der Waals surface area contributed by atoms with Crippen molar-refractivity contribution in [1.82, 2.24) is 24.4 Å². The second-order valence-corrected chi connectivity index (χ2v) is 7.58. The van der Waals surface area contributed by atoms with Crippen LogP contribution < -0.4 is 15.6 Å². The molecule has 9 nitrogen and oxygen atoms in total. The highest BCUT2D eigenvalue weighted by Crippen LogP contribution is 2.48. The van der Waals surface area contributed by atoms with Gasteiger partial charge in [0.05, 0.1) is 18.2 Å². The number of amides is 1. The molecule has 1 fully saturated rings. The fourth-order valence-electron chi connectivity index (χ4n) is 3.00. The van der Waals surface area contributed by atoms with Crippen molar-refractivity contribution in [2.75, 3.05) is 11.9 Å². The van der Waals surface area contributed by atoms with Gasteiger partial charge in [-0.3, -0.25) is 14.0 Å². The van der Waals surface area contributed by atoms with Gasteiger partial charge in [-0.05, 0) is 12.1 Å². The van der Waals surface area contributed by atoms with E-state index >= 15 is 0 Å². The molecule has 1 N–H and O–H groups in total. The highest BCUT2D eigenvalue weighted by molar-refractivity contribution is 5.90. The number of hydrogen-bond donors (Lipinski definition) is 1. The first-order valence-electron chi connectivity index (χ1n) is 9.45. The fourth-order valence-corrected chi connectivity index (χ4v) is 3.00. The van der Waals surface area contributed by atoms with Crippen LogP contribution in [-0.2, 0) is 11.3 Å². The van der Waals surface area contributed by atoms with E-state index in [9.17, 15) is 18.4 Å². The van der Waals surface area contributed by atoms with Gasteiger partial charge in [-0.1, -0.05) is 13.8 Å². The van der Waals surface area contributed by atoms with E-state index in [1.807, 2.05) is 13.8 Å². The molecule has 1 unspecified atom stereocenters. The summed E-state index contributed by atoms with van der Waals surface area (Å²) >= 11 is 0. The summed E-state index contributed by atoms with van der Waals surface area (Å²) in [4.78, 5) is 24.8. The minimum atomic E-state index is -2.70. The average Bonchev–Trinajstić information content (AvgIpc) is 3.07. The van der Waals surface area contributed by atoms with E-state index in [-0.39, 0.29) is 31.2 Å². The van der Waals surface area contributed by atoms with Crippen molar-refractivity contribution in [3.8, 4) is 5.75 Å². The molecule has 1 atom stereocenters. The van der Waals surface area contributed by atoms with Crippen molar-refractivity contribution >= 4 is 17.2 Å². The van der Waals surface area contributed by atoms with Crippen molar-refractivity contribution < 1.29 is 18.3 Å².